The van der Waals surface area contributed by atoms with Gasteiger partial charge in [-0.15, -0.1) is 0 Å². The molecule has 2 aromatic carbocycles. The molecular weight excluding hydrogens is 444 g/mol. The zero-order valence-electron chi connectivity index (χ0n) is 18.8. The SMILES string of the molecule is CN1CCN(c2c(F)c(OCc3ccccc3)c3c(=O)c(C(=O)O)cn(C4CC4)c3c2F)CC1. The Morgan fingerprint density at radius 1 is 1.09 bits per heavy atom. The van der Waals surface area contributed by atoms with Gasteiger partial charge in [0.15, 0.2) is 17.4 Å². The quantitative estimate of drug-likeness (QED) is 0.594. The van der Waals surface area contributed by atoms with Gasteiger partial charge in [-0.25, -0.2) is 13.6 Å². The van der Waals surface area contributed by atoms with Crippen LogP contribution in [0, 0.1) is 11.6 Å². The number of carbonyl (C=O) groups is 1. The number of halogens is 2. The fourth-order valence-electron chi connectivity index (χ4n) is 4.46. The number of pyridine rings is 1. The summed E-state index contributed by atoms with van der Waals surface area (Å²) < 4.78 is 39.4. The average Bonchev–Trinajstić information content (AvgIpc) is 3.66. The van der Waals surface area contributed by atoms with Crippen LogP contribution in [0.4, 0.5) is 14.5 Å². The lowest BCUT2D eigenvalue weighted by Gasteiger charge is -2.35. The number of hydrogen-bond donors (Lipinski definition) is 1. The maximum atomic E-state index is 16.1. The summed E-state index contributed by atoms with van der Waals surface area (Å²) >= 11 is 0. The molecule has 2 aliphatic rings. The third-order valence-electron chi connectivity index (χ3n) is 6.50. The van der Waals surface area contributed by atoms with Gasteiger partial charge in [0.2, 0.25) is 5.43 Å². The second-order valence-electron chi connectivity index (χ2n) is 8.91. The van der Waals surface area contributed by atoms with Crippen molar-refractivity contribution in [2.75, 3.05) is 38.1 Å². The van der Waals surface area contributed by atoms with Crippen molar-refractivity contribution in [2.45, 2.75) is 25.5 Å². The lowest BCUT2D eigenvalue weighted by atomic mass is 10.1. The number of likely N-dealkylation sites (N-methyl/N-ethyl adjacent to an activating group) is 1. The molecule has 178 valence electrons. The first kappa shape index (κ1) is 22.3. The van der Waals surface area contributed by atoms with Crippen molar-refractivity contribution in [3.63, 3.8) is 0 Å². The highest BCUT2D eigenvalue weighted by molar-refractivity contribution is 5.97. The second kappa shape index (κ2) is 8.72. The van der Waals surface area contributed by atoms with Gasteiger partial charge in [0.1, 0.15) is 17.9 Å². The molecule has 1 aliphatic carbocycles. The number of nitrogens with zero attached hydrogens (tertiary/aromatic N) is 3. The van der Waals surface area contributed by atoms with E-state index in [2.05, 4.69) is 4.90 Å². The first-order chi connectivity index (χ1) is 16.4. The molecule has 1 saturated heterocycles. The first-order valence-corrected chi connectivity index (χ1v) is 11.3. The van der Waals surface area contributed by atoms with Crippen molar-refractivity contribution in [1.82, 2.24) is 9.47 Å². The normalized spacial score (nSPS) is 16.7. The molecule has 7 nitrogen and oxygen atoms in total. The van der Waals surface area contributed by atoms with Crippen LogP contribution in [0.2, 0.25) is 0 Å². The molecule has 9 heteroatoms. The number of aromatic nitrogens is 1. The Morgan fingerprint density at radius 2 is 1.76 bits per heavy atom. The molecule has 0 bridgehead atoms. The fraction of sp³-hybridized carbons (Fsp3) is 0.360. The van der Waals surface area contributed by atoms with E-state index < -0.39 is 34.3 Å². The van der Waals surface area contributed by atoms with E-state index in [4.69, 9.17) is 4.74 Å². The minimum Gasteiger partial charge on any atom is -0.485 e. The van der Waals surface area contributed by atoms with E-state index in [9.17, 15) is 14.7 Å². The van der Waals surface area contributed by atoms with Crippen molar-refractivity contribution in [3.05, 3.63) is 69.5 Å². The highest BCUT2D eigenvalue weighted by atomic mass is 19.1. The number of ether oxygens (including phenoxy) is 1. The smallest absolute Gasteiger partial charge is 0.341 e. The van der Waals surface area contributed by atoms with E-state index in [-0.39, 0.29) is 29.2 Å². The summed E-state index contributed by atoms with van der Waals surface area (Å²) in [6.07, 6.45) is 2.62. The van der Waals surface area contributed by atoms with E-state index in [0.29, 0.717) is 26.2 Å². The molecule has 0 radical (unpaired) electrons. The van der Waals surface area contributed by atoms with Gasteiger partial charge in [-0.1, -0.05) is 30.3 Å². The zero-order valence-corrected chi connectivity index (χ0v) is 18.8. The Labute approximate surface area is 194 Å². The van der Waals surface area contributed by atoms with Gasteiger partial charge in [0.05, 0.1) is 10.9 Å². The van der Waals surface area contributed by atoms with Gasteiger partial charge in [-0.05, 0) is 25.5 Å². The number of aromatic carboxylic acids is 1. The second-order valence-corrected chi connectivity index (χ2v) is 8.91. The molecular formula is C25H25F2N3O4. The number of hydrogen-bond acceptors (Lipinski definition) is 5. The molecule has 1 aromatic heterocycles. The maximum absolute atomic E-state index is 16.1. The van der Waals surface area contributed by atoms with Crippen LogP contribution in [0.5, 0.6) is 5.75 Å². The number of piperazine rings is 1. The number of fused-ring (bicyclic) bond motifs is 1. The van der Waals surface area contributed by atoms with Crippen molar-refractivity contribution in [3.8, 4) is 5.75 Å². The predicted octanol–water partition coefficient (Wildman–Crippen LogP) is 3.64. The molecule has 0 atom stereocenters. The minimum absolute atomic E-state index is 0.0547. The molecule has 3 aromatic rings. The topological polar surface area (TPSA) is 75.0 Å². The molecule has 0 unspecified atom stereocenters. The van der Waals surface area contributed by atoms with Crippen LogP contribution in [0.1, 0.15) is 34.8 Å². The molecule has 2 heterocycles. The van der Waals surface area contributed by atoms with Crippen LogP contribution < -0.4 is 15.1 Å². The summed E-state index contributed by atoms with van der Waals surface area (Å²) in [6, 6.07) is 8.86. The minimum atomic E-state index is -1.45. The van der Waals surface area contributed by atoms with E-state index >= 15 is 8.78 Å². The lowest BCUT2D eigenvalue weighted by molar-refractivity contribution is 0.0694. The van der Waals surface area contributed by atoms with Crippen molar-refractivity contribution >= 4 is 22.6 Å². The van der Waals surface area contributed by atoms with E-state index in [0.717, 1.165) is 18.4 Å². The molecule has 0 spiro atoms. The standard InChI is InChI=1S/C25H25F2N3O4/c1-28-9-11-29(12-10-28)22-19(26)21-18(23(31)17(25(32)33)13-30(21)16-7-8-16)24(20(22)27)34-14-15-5-3-2-4-6-15/h2-6,13,16H,7-12,14H2,1H3,(H,32,33). The number of benzene rings is 2. The van der Waals surface area contributed by atoms with Gasteiger partial charge in [0, 0.05) is 38.4 Å². The van der Waals surface area contributed by atoms with E-state index in [1.165, 1.54) is 10.8 Å². The largest absolute Gasteiger partial charge is 0.485 e. The zero-order chi connectivity index (χ0) is 24.0. The van der Waals surface area contributed by atoms with Gasteiger partial charge >= 0.3 is 5.97 Å². The third kappa shape index (κ3) is 3.90. The summed E-state index contributed by atoms with van der Waals surface area (Å²) in [4.78, 5) is 28.7. The van der Waals surface area contributed by atoms with Crippen LogP contribution >= 0.6 is 0 Å². The van der Waals surface area contributed by atoms with Crippen LogP contribution in [0.25, 0.3) is 10.9 Å². The Balaban J connectivity index is 1.76. The first-order valence-electron chi connectivity index (χ1n) is 11.3. The van der Waals surface area contributed by atoms with E-state index in [1.807, 2.05) is 13.1 Å². The molecule has 0 amide bonds. The monoisotopic (exact) mass is 469 g/mol. The van der Waals surface area contributed by atoms with Crippen LogP contribution in [0.15, 0.2) is 41.3 Å². The van der Waals surface area contributed by atoms with Gasteiger partial charge in [0.25, 0.3) is 0 Å². The van der Waals surface area contributed by atoms with Crippen LogP contribution in [-0.2, 0) is 6.61 Å². The Kier molecular flexibility index (Phi) is 5.73. The number of rotatable bonds is 6. The molecule has 5 rings (SSSR count). The lowest BCUT2D eigenvalue weighted by Crippen LogP contribution is -2.45. The molecule has 1 aliphatic heterocycles. The number of carboxylic acids is 1. The van der Waals surface area contributed by atoms with Crippen molar-refractivity contribution in [1.29, 1.82) is 0 Å². The highest BCUT2D eigenvalue weighted by Gasteiger charge is 2.34. The fourth-order valence-corrected chi connectivity index (χ4v) is 4.46. The average molecular weight is 469 g/mol. The molecule has 34 heavy (non-hydrogen) atoms. The van der Waals surface area contributed by atoms with Gasteiger partial charge in [-0.2, -0.15) is 0 Å². The summed E-state index contributed by atoms with van der Waals surface area (Å²) in [7, 11) is 1.94. The predicted molar refractivity (Wildman–Crippen MR) is 124 cm³/mol. The highest BCUT2D eigenvalue weighted by Crippen LogP contribution is 2.43. The van der Waals surface area contributed by atoms with Gasteiger partial charge in [-0.3, -0.25) is 4.79 Å². The van der Waals surface area contributed by atoms with Crippen LogP contribution in [0.3, 0.4) is 0 Å². The molecule has 2 fully saturated rings. The van der Waals surface area contributed by atoms with Crippen molar-refractivity contribution < 1.29 is 23.4 Å². The van der Waals surface area contributed by atoms with E-state index in [1.54, 1.807) is 29.2 Å². The summed E-state index contributed by atoms with van der Waals surface area (Å²) in [5.41, 5.74) is -1.09. The van der Waals surface area contributed by atoms with Crippen LogP contribution in [-0.4, -0.2) is 53.8 Å². The number of carboxylic acid groups (broad SMARTS) is 1. The summed E-state index contributed by atoms with van der Waals surface area (Å²) in [5.74, 6) is -3.69. The molecule has 1 N–H and O–H groups in total. The summed E-state index contributed by atoms with van der Waals surface area (Å²) in [6.45, 7) is 2.03. The Hall–Kier alpha value is -3.46. The van der Waals surface area contributed by atoms with Crippen molar-refractivity contribution in [2.24, 2.45) is 0 Å². The number of anilines is 1. The maximum Gasteiger partial charge on any atom is 0.341 e. The Bertz CT molecular complexity index is 1310. The third-order valence-corrected chi connectivity index (χ3v) is 6.50. The van der Waals surface area contributed by atoms with Gasteiger partial charge < -0.3 is 24.2 Å². The Morgan fingerprint density at radius 3 is 2.38 bits per heavy atom. The summed E-state index contributed by atoms with van der Waals surface area (Å²) in [5, 5.41) is 9.25. The molecule has 1 saturated carbocycles.